The number of allylic oxidation sites excluding steroid dienone is 1. The van der Waals surface area contributed by atoms with Crippen molar-refractivity contribution in [1.29, 1.82) is 0 Å². The largest absolute Gasteiger partial charge is 0.138 e. The predicted molar refractivity (Wildman–Crippen MR) is 59.8 cm³/mol. The first-order valence-corrected chi connectivity index (χ1v) is 7.41. The third-order valence-corrected chi connectivity index (χ3v) is 7.29. The number of hydrogen-bond donors (Lipinski definition) is 0. The van der Waals surface area contributed by atoms with Gasteiger partial charge in [-0.1, -0.05) is 33.3 Å². The zero-order chi connectivity index (χ0) is 9.61. The Morgan fingerprint density at radius 1 is 1.17 bits per heavy atom. The van der Waals surface area contributed by atoms with Crippen LogP contribution in [-0.2, 0) is 0 Å². The summed E-state index contributed by atoms with van der Waals surface area (Å²) in [7, 11) is -1.20. The minimum atomic E-state index is -1.20. The fourth-order valence-corrected chi connectivity index (χ4v) is 3.76. The van der Waals surface area contributed by atoms with Crippen molar-refractivity contribution in [3.8, 4) is 11.5 Å². The van der Waals surface area contributed by atoms with Crippen LogP contribution < -0.4 is 0 Å². The van der Waals surface area contributed by atoms with Crippen LogP contribution in [0.3, 0.4) is 0 Å². The van der Waals surface area contributed by atoms with E-state index in [0.717, 1.165) is 5.57 Å². The predicted octanol–water partition coefficient (Wildman–Crippen LogP) is 3.61. The normalized spacial score (nSPS) is 10.3. The Labute approximate surface area is 78.1 Å². The fraction of sp³-hybridized carbons (Fsp3) is 0.636. The number of rotatable bonds is 3. The van der Waals surface area contributed by atoms with Gasteiger partial charge in [-0.15, -0.1) is 5.54 Å². The minimum Gasteiger partial charge on any atom is -0.126 e. The molecule has 1 heteroatoms. The highest BCUT2D eigenvalue weighted by Crippen LogP contribution is 2.18. The Kier molecular flexibility index (Phi) is 5.00. The lowest BCUT2D eigenvalue weighted by Crippen LogP contribution is -2.29. The molecule has 0 unspecified atom stereocenters. The Balaban J connectivity index is 4.54. The molecule has 12 heavy (non-hydrogen) atoms. The molecule has 0 saturated carbocycles. The molecule has 68 valence electrons. The molecule has 0 aromatic heterocycles. The molecule has 0 fully saturated rings. The summed E-state index contributed by atoms with van der Waals surface area (Å²) in [6.07, 6.45) is 0. The summed E-state index contributed by atoms with van der Waals surface area (Å²) in [5.41, 5.74) is 4.47. The van der Waals surface area contributed by atoms with E-state index in [1.165, 1.54) is 18.1 Å². The van der Waals surface area contributed by atoms with E-state index in [1.54, 1.807) is 0 Å². The Hall–Kier alpha value is -0.483. The van der Waals surface area contributed by atoms with Gasteiger partial charge in [0.05, 0.1) is 0 Å². The van der Waals surface area contributed by atoms with Gasteiger partial charge in [-0.25, -0.2) is 0 Å². The first kappa shape index (κ1) is 11.5. The van der Waals surface area contributed by atoms with E-state index < -0.39 is 8.07 Å². The summed E-state index contributed by atoms with van der Waals surface area (Å²) >= 11 is 0. The lowest BCUT2D eigenvalue weighted by atomic mass is 10.4. The van der Waals surface area contributed by atoms with E-state index in [-0.39, 0.29) is 0 Å². The van der Waals surface area contributed by atoms with Gasteiger partial charge in [0.1, 0.15) is 8.07 Å². The lowest BCUT2D eigenvalue weighted by Gasteiger charge is -2.19. The van der Waals surface area contributed by atoms with Gasteiger partial charge in [0, 0.05) is 0 Å². The molecular weight excluding hydrogens is 160 g/mol. The van der Waals surface area contributed by atoms with Crippen LogP contribution in [0.15, 0.2) is 12.2 Å². The van der Waals surface area contributed by atoms with Gasteiger partial charge in [0.25, 0.3) is 0 Å². The first-order chi connectivity index (χ1) is 5.60. The van der Waals surface area contributed by atoms with Crippen LogP contribution in [0, 0.1) is 11.5 Å². The monoisotopic (exact) mass is 180 g/mol. The molecule has 0 amide bonds. The summed E-state index contributed by atoms with van der Waals surface area (Å²) in [6, 6.07) is 3.83. The maximum Gasteiger partial charge on any atom is 0.138 e. The summed E-state index contributed by atoms with van der Waals surface area (Å²) in [5.74, 6) is 3.16. The molecule has 0 N–H and O–H groups in total. The van der Waals surface area contributed by atoms with Crippen molar-refractivity contribution < 1.29 is 0 Å². The van der Waals surface area contributed by atoms with Crippen molar-refractivity contribution in [2.75, 3.05) is 0 Å². The van der Waals surface area contributed by atoms with Crippen LogP contribution in [0.1, 0.15) is 27.7 Å². The lowest BCUT2D eigenvalue weighted by molar-refractivity contribution is 1.20. The van der Waals surface area contributed by atoms with Crippen molar-refractivity contribution in [2.45, 2.75) is 45.8 Å². The van der Waals surface area contributed by atoms with E-state index >= 15 is 0 Å². The van der Waals surface area contributed by atoms with E-state index in [0.29, 0.717) is 0 Å². The first-order valence-electron chi connectivity index (χ1n) is 4.79. The summed E-state index contributed by atoms with van der Waals surface area (Å²) < 4.78 is 0. The molecular formula is C11H20Si. The van der Waals surface area contributed by atoms with Gasteiger partial charge in [0.2, 0.25) is 0 Å². The molecule has 0 aromatic rings. The second kappa shape index (κ2) is 5.21. The highest BCUT2D eigenvalue weighted by atomic mass is 28.3. The maximum atomic E-state index is 3.81. The average Bonchev–Trinajstić information content (AvgIpc) is 2.08. The summed E-state index contributed by atoms with van der Waals surface area (Å²) in [6.45, 7) is 12.6. The molecule has 0 aliphatic carbocycles. The highest BCUT2D eigenvalue weighted by molar-refractivity contribution is 6.87. The SMILES string of the molecule is C=C(C)C#C[Si](CC)(CC)CC. The van der Waals surface area contributed by atoms with Crippen LogP contribution in [0.2, 0.25) is 18.1 Å². The van der Waals surface area contributed by atoms with Crippen molar-refractivity contribution in [3.63, 3.8) is 0 Å². The maximum absolute atomic E-state index is 3.81. The highest BCUT2D eigenvalue weighted by Gasteiger charge is 2.23. The van der Waals surface area contributed by atoms with E-state index in [2.05, 4.69) is 38.8 Å². The standard InChI is InChI=1S/C11H20Si/c1-6-12(7-2,8-3)10-9-11(4)5/h4,6-8H2,1-3,5H3. The topological polar surface area (TPSA) is 0 Å². The fourth-order valence-electron chi connectivity index (χ4n) is 1.25. The second-order valence-electron chi connectivity index (χ2n) is 3.37. The molecule has 0 heterocycles. The van der Waals surface area contributed by atoms with Gasteiger partial charge < -0.3 is 0 Å². The Bertz CT molecular complexity index is 193. The van der Waals surface area contributed by atoms with Gasteiger partial charge in [-0.3, -0.25) is 0 Å². The van der Waals surface area contributed by atoms with Crippen LogP contribution in [0.25, 0.3) is 0 Å². The van der Waals surface area contributed by atoms with Crippen LogP contribution in [0.4, 0.5) is 0 Å². The zero-order valence-corrected chi connectivity index (χ0v) is 9.83. The average molecular weight is 180 g/mol. The third-order valence-electron chi connectivity index (χ3n) is 2.57. The van der Waals surface area contributed by atoms with Gasteiger partial charge in [0.15, 0.2) is 0 Å². The van der Waals surface area contributed by atoms with Crippen LogP contribution in [-0.4, -0.2) is 8.07 Å². The van der Waals surface area contributed by atoms with Crippen LogP contribution in [0.5, 0.6) is 0 Å². The summed E-state index contributed by atoms with van der Waals surface area (Å²) in [4.78, 5) is 0. The van der Waals surface area contributed by atoms with E-state index in [9.17, 15) is 0 Å². The molecule has 0 bridgehead atoms. The van der Waals surface area contributed by atoms with Gasteiger partial charge in [-0.05, 0) is 30.6 Å². The number of hydrogen-bond acceptors (Lipinski definition) is 0. The zero-order valence-electron chi connectivity index (χ0n) is 8.83. The quantitative estimate of drug-likeness (QED) is 0.460. The third kappa shape index (κ3) is 3.28. The van der Waals surface area contributed by atoms with E-state index in [1.807, 2.05) is 6.92 Å². The molecule has 0 radical (unpaired) electrons. The molecule has 0 spiro atoms. The molecule has 0 rings (SSSR count). The second-order valence-corrected chi connectivity index (χ2v) is 8.30. The smallest absolute Gasteiger partial charge is 0.126 e. The molecule has 0 aliphatic rings. The van der Waals surface area contributed by atoms with Gasteiger partial charge >= 0.3 is 0 Å². The van der Waals surface area contributed by atoms with Crippen molar-refractivity contribution in [1.82, 2.24) is 0 Å². The molecule has 0 aromatic carbocycles. The van der Waals surface area contributed by atoms with Crippen molar-refractivity contribution in [3.05, 3.63) is 12.2 Å². The Morgan fingerprint density at radius 3 is 1.83 bits per heavy atom. The molecule has 0 atom stereocenters. The summed E-state index contributed by atoms with van der Waals surface area (Å²) in [5, 5.41) is 0. The van der Waals surface area contributed by atoms with Crippen molar-refractivity contribution >= 4 is 8.07 Å². The van der Waals surface area contributed by atoms with Crippen molar-refractivity contribution in [2.24, 2.45) is 0 Å². The molecule has 0 nitrogen and oxygen atoms in total. The van der Waals surface area contributed by atoms with E-state index in [4.69, 9.17) is 0 Å². The minimum absolute atomic E-state index is 1.00. The molecule has 0 aliphatic heterocycles. The molecule has 0 saturated heterocycles. The Morgan fingerprint density at radius 2 is 1.58 bits per heavy atom. The van der Waals surface area contributed by atoms with Crippen LogP contribution >= 0.6 is 0 Å². The van der Waals surface area contributed by atoms with Gasteiger partial charge in [-0.2, -0.15) is 0 Å².